The Morgan fingerprint density at radius 1 is 1.24 bits per heavy atom. The summed E-state index contributed by atoms with van der Waals surface area (Å²) in [6.45, 7) is 0.627. The van der Waals surface area contributed by atoms with Crippen LogP contribution in [0.4, 0.5) is 0 Å². The lowest BCUT2D eigenvalue weighted by Gasteiger charge is -2.13. The minimum atomic E-state index is 0.315. The van der Waals surface area contributed by atoms with E-state index in [9.17, 15) is 0 Å². The second-order valence-electron chi connectivity index (χ2n) is 4.26. The van der Waals surface area contributed by atoms with Crippen LogP contribution < -0.4 is 10.5 Å². The van der Waals surface area contributed by atoms with Gasteiger partial charge in [-0.1, -0.05) is 18.2 Å². The Labute approximate surface area is 100 Å². The van der Waals surface area contributed by atoms with Gasteiger partial charge in [-0.15, -0.1) is 0 Å². The van der Waals surface area contributed by atoms with Gasteiger partial charge in [0.1, 0.15) is 11.5 Å². The highest BCUT2D eigenvalue weighted by molar-refractivity contribution is 5.45. The monoisotopic (exact) mass is 226 g/mol. The molecule has 0 unspecified atom stereocenters. The van der Waals surface area contributed by atoms with Crippen LogP contribution in [-0.4, -0.2) is 11.5 Å². The predicted molar refractivity (Wildman–Crippen MR) is 66.3 cm³/mol. The first-order valence-electron chi connectivity index (χ1n) is 5.78. The molecule has 0 fully saturated rings. The lowest BCUT2D eigenvalue weighted by atomic mass is 9.92. The Morgan fingerprint density at radius 3 is 3.00 bits per heavy atom. The highest BCUT2D eigenvalue weighted by atomic mass is 16.5. The number of rotatable bonds is 1. The van der Waals surface area contributed by atoms with Crippen molar-refractivity contribution < 1.29 is 4.74 Å². The Morgan fingerprint density at radius 2 is 2.12 bits per heavy atom. The Kier molecular flexibility index (Phi) is 2.53. The van der Waals surface area contributed by atoms with Gasteiger partial charge >= 0.3 is 0 Å². The van der Waals surface area contributed by atoms with Gasteiger partial charge < -0.3 is 10.5 Å². The van der Waals surface area contributed by atoms with Crippen LogP contribution in [0.3, 0.4) is 0 Å². The molecule has 1 aliphatic heterocycles. The molecule has 2 heterocycles. The van der Waals surface area contributed by atoms with Gasteiger partial charge in [0.25, 0.3) is 0 Å². The molecular formula is C14H14N2O. The number of aromatic nitrogens is 1. The number of para-hydroxylation sites is 1. The summed E-state index contributed by atoms with van der Waals surface area (Å²) in [5, 5.41) is 0. The zero-order valence-corrected chi connectivity index (χ0v) is 9.47. The van der Waals surface area contributed by atoms with E-state index < -0.39 is 0 Å². The molecule has 1 aromatic carbocycles. The van der Waals surface area contributed by atoms with E-state index in [0.29, 0.717) is 12.5 Å². The molecule has 2 aromatic rings. The summed E-state index contributed by atoms with van der Waals surface area (Å²) < 4.78 is 5.92. The molecule has 3 heteroatoms. The van der Waals surface area contributed by atoms with E-state index in [-0.39, 0.29) is 0 Å². The van der Waals surface area contributed by atoms with E-state index in [1.165, 1.54) is 11.1 Å². The zero-order valence-electron chi connectivity index (χ0n) is 9.47. The average Bonchev–Trinajstić information content (AvgIpc) is 2.54. The predicted octanol–water partition coefficient (Wildman–Crippen LogP) is 2.47. The molecule has 1 aromatic heterocycles. The van der Waals surface area contributed by atoms with Gasteiger partial charge in [0.15, 0.2) is 0 Å². The standard InChI is InChI=1S/C14H14N2O/c15-8-11-7-10-5-6-16-9-14(10)17-13-4-2-1-3-12(11)13/h1-6,9,11H,7-8,15H2/t11-/m0/s1. The second-order valence-corrected chi connectivity index (χ2v) is 4.26. The first kappa shape index (κ1) is 10.3. The summed E-state index contributed by atoms with van der Waals surface area (Å²) >= 11 is 0. The van der Waals surface area contributed by atoms with Crippen LogP contribution in [0.2, 0.25) is 0 Å². The molecule has 0 spiro atoms. The number of pyridine rings is 1. The molecule has 0 amide bonds. The number of hydrogen-bond donors (Lipinski definition) is 1. The largest absolute Gasteiger partial charge is 0.455 e. The minimum Gasteiger partial charge on any atom is -0.455 e. The normalized spacial score (nSPS) is 17.6. The van der Waals surface area contributed by atoms with Crippen molar-refractivity contribution in [1.29, 1.82) is 0 Å². The van der Waals surface area contributed by atoms with Gasteiger partial charge in [-0.3, -0.25) is 4.98 Å². The second kappa shape index (κ2) is 4.18. The van der Waals surface area contributed by atoms with Gasteiger partial charge in [-0.2, -0.15) is 0 Å². The lowest BCUT2D eigenvalue weighted by molar-refractivity contribution is 0.476. The molecule has 3 nitrogen and oxygen atoms in total. The fraction of sp³-hybridized carbons (Fsp3) is 0.214. The van der Waals surface area contributed by atoms with Crippen LogP contribution in [0, 0.1) is 0 Å². The summed E-state index contributed by atoms with van der Waals surface area (Å²) in [6.07, 6.45) is 4.47. The fourth-order valence-electron chi connectivity index (χ4n) is 2.28. The van der Waals surface area contributed by atoms with Crippen molar-refractivity contribution in [1.82, 2.24) is 4.98 Å². The molecule has 0 bridgehead atoms. The third-order valence-electron chi connectivity index (χ3n) is 3.20. The van der Waals surface area contributed by atoms with Crippen LogP contribution in [0.1, 0.15) is 17.0 Å². The van der Waals surface area contributed by atoms with Gasteiger partial charge in [0.05, 0.1) is 6.20 Å². The molecular weight excluding hydrogens is 212 g/mol. The van der Waals surface area contributed by atoms with Crippen LogP contribution in [-0.2, 0) is 6.42 Å². The van der Waals surface area contributed by atoms with Crippen molar-refractivity contribution in [2.75, 3.05) is 6.54 Å². The Hall–Kier alpha value is -1.87. The third kappa shape index (κ3) is 1.78. The molecule has 0 saturated heterocycles. The molecule has 1 atom stereocenters. The van der Waals surface area contributed by atoms with E-state index in [1.54, 1.807) is 12.4 Å². The number of fused-ring (bicyclic) bond motifs is 2. The highest BCUT2D eigenvalue weighted by Gasteiger charge is 2.21. The van der Waals surface area contributed by atoms with Gasteiger partial charge in [0.2, 0.25) is 0 Å². The summed E-state index contributed by atoms with van der Waals surface area (Å²) in [7, 11) is 0. The van der Waals surface area contributed by atoms with Crippen molar-refractivity contribution >= 4 is 0 Å². The molecule has 2 N–H and O–H groups in total. The molecule has 1 aliphatic rings. The summed E-state index contributed by atoms with van der Waals surface area (Å²) in [4.78, 5) is 4.11. The maximum absolute atomic E-state index is 5.92. The maximum atomic E-state index is 5.92. The molecule has 0 saturated carbocycles. The van der Waals surface area contributed by atoms with Crippen molar-refractivity contribution in [2.45, 2.75) is 12.3 Å². The summed E-state index contributed by atoms with van der Waals surface area (Å²) in [6, 6.07) is 10.1. The summed E-state index contributed by atoms with van der Waals surface area (Å²) in [5.41, 5.74) is 8.23. The van der Waals surface area contributed by atoms with Gasteiger partial charge in [-0.25, -0.2) is 0 Å². The lowest BCUT2D eigenvalue weighted by Crippen LogP contribution is -2.14. The first-order chi connectivity index (χ1) is 8.38. The topological polar surface area (TPSA) is 48.1 Å². The SMILES string of the molecule is NC[C@@H]1Cc2ccncc2Oc2ccccc21. The fourth-order valence-corrected chi connectivity index (χ4v) is 2.28. The molecule has 17 heavy (non-hydrogen) atoms. The first-order valence-corrected chi connectivity index (χ1v) is 5.78. The van der Waals surface area contributed by atoms with Crippen molar-refractivity contribution in [3.05, 3.63) is 53.9 Å². The number of nitrogens with two attached hydrogens (primary N) is 1. The van der Waals surface area contributed by atoms with E-state index in [1.807, 2.05) is 24.3 Å². The van der Waals surface area contributed by atoms with E-state index in [4.69, 9.17) is 10.5 Å². The number of benzene rings is 1. The van der Waals surface area contributed by atoms with Gasteiger partial charge in [-0.05, 0) is 36.2 Å². The maximum Gasteiger partial charge on any atom is 0.148 e. The molecule has 0 aliphatic carbocycles. The van der Waals surface area contributed by atoms with Crippen LogP contribution in [0.5, 0.6) is 11.5 Å². The highest BCUT2D eigenvalue weighted by Crippen LogP contribution is 2.38. The molecule has 3 rings (SSSR count). The summed E-state index contributed by atoms with van der Waals surface area (Å²) in [5.74, 6) is 2.06. The Balaban J connectivity index is 2.13. The average molecular weight is 226 g/mol. The van der Waals surface area contributed by atoms with Crippen molar-refractivity contribution in [3.8, 4) is 11.5 Å². The number of ether oxygens (including phenoxy) is 1. The molecule has 86 valence electrons. The van der Waals surface area contributed by atoms with Crippen LogP contribution in [0.15, 0.2) is 42.7 Å². The van der Waals surface area contributed by atoms with Crippen LogP contribution >= 0.6 is 0 Å². The Bertz CT molecular complexity index is 539. The van der Waals surface area contributed by atoms with E-state index in [2.05, 4.69) is 11.1 Å². The minimum absolute atomic E-state index is 0.315. The smallest absolute Gasteiger partial charge is 0.148 e. The number of hydrogen-bond acceptors (Lipinski definition) is 3. The van der Waals surface area contributed by atoms with E-state index >= 15 is 0 Å². The van der Waals surface area contributed by atoms with E-state index in [0.717, 1.165) is 17.9 Å². The van der Waals surface area contributed by atoms with Crippen molar-refractivity contribution in [3.63, 3.8) is 0 Å². The number of nitrogens with zero attached hydrogens (tertiary/aromatic N) is 1. The van der Waals surface area contributed by atoms with Gasteiger partial charge in [0, 0.05) is 12.1 Å². The quantitative estimate of drug-likeness (QED) is 0.812. The third-order valence-corrected chi connectivity index (χ3v) is 3.20. The molecule has 0 radical (unpaired) electrons. The zero-order chi connectivity index (χ0) is 11.7. The van der Waals surface area contributed by atoms with Crippen LogP contribution in [0.25, 0.3) is 0 Å². The van der Waals surface area contributed by atoms with Crippen molar-refractivity contribution in [2.24, 2.45) is 5.73 Å².